The van der Waals surface area contributed by atoms with Gasteiger partial charge in [-0.25, -0.2) is 4.79 Å². The number of Topliss-reactive ketones (excluding diaryl/α,β-unsaturated/α-hetero) is 1. The number of esters is 2. The minimum absolute atomic E-state index is 0.0531. The summed E-state index contributed by atoms with van der Waals surface area (Å²) < 4.78 is 14.5. The second-order valence-corrected chi connectivity index (χ2v) is 6.35. The van der Waals surface area contributed by atoms with Crippen LogP contribution < -0.4 is 5.32 Å². The number of carbonyl (C=O) groups excluding carboxylic acids is 4. The molecule has 0 aliphatic heterocycles. The SMILES string of the molecule is CO[C@@H](C)C(=O)N[C@@H](CCC(=O)C=N)C(=O)OCOC(=O)C(C)(C)C. The molecule has 0 aromatic carbocycles. The Morgan fingerprint density at radius 1 is 1.16 bits per heavy atom. The fourth-order valence-electron chi connectivity index (χ4n) is 1.46. The highest BCUT2D eigenvalue weighted by molar-refractivity contribution is 6.26. The lowest BCUT2D eigenvalue weighted by Crippen LogP contribution is -2.46. The van der Waals surface area contributed by atoms with Crippen LogP contribution in [-0.2, 0) is 33.4 Å². The van der Waals surface area contributed by atoms with Crippen LogP contribution in [0, 0.1) is 10.8 Å². The van der Waals surface area contributed by atoms with Gasteiger partial charge in [0.15, 0.2) is 5.78 Å². The number of hydrogen-bond donors (Lipinski definition) is 2. The highest BCUT2D eigenvalue weighted by atomic mass is 16.7. The van der Waals surface area contributed by atoms with Gasteiger partial charge >= 0.3 is 11.9 Å². The number of ether oxygens (including phenoxy) is 3. The summed E-state index contributed by atoms with van der Waals surface area (Å²) >= 11 is 0. The van der Waals surface area contributed by atoms with Crippen LogP contribution in [0.1, 0.15) is 40.5 Å². The number of carbonyl (C=O) groups is 4. The van der Waals surface area contributed by atoms with Gasteiger partial charge in [0, 0.05) is 13.5 Å². The first-order chi connectivity index (χ1) is 11.5. The molecule has 0 aromatic heterocycles. The summed E-state index contributed by atoms with van der Waals surface area (Å²) in [5.41, 5.74) is -0.746. The molecule has 0 fully saturated rings. The van der Waals surface area contributed by atoms with Crippen molar-refractivity contribution in [2.75, 3.05) is 13.9 Å². The van der Waals surface area contributed by atoms with E-state index >= 15 is 0 Å². The van der Waals surface area contributed by atoms with Crippen LogP contribution in [-0.4, -0.2) is 55.9 Å². The highest BCUT2D eigenvalue weighted by Gasteiger charge is 2.27. The molecule has 2 N–H and O–H groups in total. The first kappa shape index (κ1) is 22.7. The van der Waals surface area contributed by atoms with E-state index in [1.807, 2.05) is 0 Å². The molecular formula is C16H26N2O7. The minimum Gasteiger partial charge on any atom is -0.427 e. The van der Waals surface area contributed by atoms with Gasteiger partial charge in [-0.1, -0.05) is 0 Å². The van der Waals surface area contributed by atoms with Crippen LogP contribution in [0.4, 0.5) is 0 Å². The molecule has 142 valence electrons. The van der Waals surface area contributed by atoms with E-state index in [-0.39, 0.29) is 12.8 Å². The van der Waals surface area contributed by atoms with Gasteiger partial charge in [0.05, 0.1) is 11.6 Å². The van der Waals surface area contributed by atoms with Gasteiger partial charge in [0.1, 0.15) is 12.1 Å². The summed E-state index contributed by atoms with van der Waals surface area (Å²) in [6.45, 7) is 5.84. The molecule has 0 saturated carbocycles. The third-order valence-electron chi connectivity index (χ3n) is 3.17. The number of hydrogen-bond acceptors (Lipinski definition) is 8. The van der Waals surface area contributed by atoms with Crippen LogP contribution >= 0.6 is 0 Å². The van der Waals surface area contributed by atoms with Crippen molar-refractivity contribution >= 4 is 29.8 Å². The molecule has 0 saturated heterocycles. The fourth-order valence-corrected chi connectivity index (χ4v) is 1.46. The molecular weight excluding hydrogens is 332 g/mol. The zero-order chi connectivity index (χ0) is 19.6. The van der Waals surface area contributed by atoms with E-state index in [1.165, 1.54) is 14.0 Å². The number of amides is 1. The maximum Gasteiger partial charge on any atom is 0.331 e. The second-order valence-electron chi connectivity index (χ2n) is 6.35. The van der Waals surface area contributed by atoms with Crippen molar-refractivity contribution in [2.24, 2.45) is 5.41 Å². The maximum atomic E-state index is 12.1. The predicted octanol–water partition coefficient (Wildman–Crippen LogP) is 0.595. The second kappa shape index (κ2) is 10.5. The summed E-state index contributed by atoms with van der Waals surface area (Å²) in [4.78, 5) is 46.8. The average molecular weight is 358 g/mol. The molecule has 1 amide bonds. The molecule has 9 heteroatoms. The van der Waals surface area contributed by atoms with Crippen molar-refractivity contribution in [1.82, 2.24) is 5.32 Å². The van der Waals surface area contributed by atoms with E-state index in [0.29, 0.717) is 6.21 Å². The van der Waals surface area contributed by atoms with Gasteiger partial charge in [0.25, 0.3) is 0 Å². The van der Waals surface area contributed by atoms with E-state index in [9.17, 15) is 19.2 Å². The van der Waals surface area contributed by atoms with E-state index in [2.05, 4.69) is 5.32 Å². The topological polar surface area (TPSA) is 132 Å². The molecule has 25 heavy (non-hydrogen) atoms. The lowest BCUT2D eigenvalue weighted by atomic mass is 9.98. The molecule has 0 aliphatic rings. The molecule has 0 spiro atoms. The van der Waals surface area contributed by atoms with Gasteiger partial charge in [-0.3, -0.25) is 14.4 Å². The average Bonchev–Trinajstić information content (AvgIpc) is 2.55. The van der Waals surface area contributed by atoms with E-state index in [0.717, 1.165) is 0 Å². The Hall–Kier alpha value is -2.29. The van der Waals surface area contributed by atoms with Crippen molar-refractivity contribution in [3.05, 3.63) is 0 Å². The van der Waals surface area contributed by atoms with Crippen molar-refractivity contribution in [3.8, 4) is 0 Å². The summed E-state index contributed by atoms with van der Waals surface area (Å²) in [7, 11) is 1.34. The molecule has 0 unspecified atom stereocenters. The Labute approximate surface area is 146 Å². The first-order valence-electron chi connectivity index (χ1n) is 7.73. The molecule has 0 aliphatic carbocycles. The van der Waals surface area contributed by atoms with Crippen LogP contribution in [0.25, 0.3) is 0 Å². The van der Waals surface area contributed by atoms with E-state index < -0.39 is 48.0 Å². The largest absolute Gasteiger partial charge is 0.427 e. The quantitative estimate of drug-likeness (QED) is 0.332. The van der Waals surface area contributed by atoms with Crippen LogP contribution in [0.3, 0.4) is 0 Å². The first-order valence-corrected chi connectivity index (χ1v) is 7.73. The maximum absolute atomic E-state index is 12.1. The zero-order valence-corrected chi connectivity index (χ0v) is 15.2. The Morgan fingerprint density at radius 2 is 1.76 bits per heavy atom. The predicted molar refractivity (Wildman–Crippen MR) is 87.9 cm³/mol. The van der Waals surface area contributed by atoms with Gasteiger partial charge in [-0.15, -0.1) is 0 Å². The van der Waals surface area contributed by atoms with Gasteiger partial charge in [0.2, 0.25) is 12.7 Å². The summed E-state index contributed by atoms with van der Waals surface area (Å²) in [6, 6.07) is -1.12. The number of rotatable bonds is 10. The number of nitrogens with one attached hydrogen (secondary N) is 2. The monoisotopic (exact) mass is 358 g/mol. The Bertz CT molecular complexity index is 511. The van der Waals surface area contributed by atoms with Crippen LogP contribution in [0.5, 0.6) is 0 Å². The molecule has 9 nitrogen and oxygen atoms in total. The summed E-state index contributed by atoms with van der Waals surface area (Å²) in [5, 5.41) is 9.27. The molecule has 0 bridgehead atoms. The van der Waals surface area contributed by atoms with Crippen LogP contribution in [0.15, 0.2) is 0 Å². The lowest BCUT2D eigenvalue weighted by Gasteiger charge is -2.20. The van der Waals surface area contributed by atoms with Crippen molar-refractivity contribution < 1.29 is 33.4 Å². The molecule has 0 rings (SSSR count). The van der Waals surface area contributed by atoms with E-state index in [4.69, 9.17) is 19.6 Å². The van der Waals surface area contributed by atoms with Gasteiger partial charge in [-0.2, -0.15) is 0 Å². The van der Waals surface area contributed by atoms with E-state index in [1.54, 1.807) is 20.8 Å². The van der Waals surface area contributed by atoms with Gasteiger partial charge < -0.3 is 24.9 Å². The minimum atomic E-state index is -1.12. The highest BCUT2D eigenvalue weighted by Crippen LogP contribution is 2.15. The lowest BCUT2D eigenvalue weighted by molar-refractivity contribution is -0.174. The molecule has 0 radical (unpaired) electrons. The van der Waals surface area contributed by atoms with Crippen molar-refractivity contribution in [1.29, 1.82) is 5.41 Å². The third-order valence-corrected chi connectivity index (χ3v) is 3.17. The van der Waals surface area contributed by atoms with Crippen molar-refractivity contribution in [3.63, 3.8) is 0 Å². The Morgan fingerprint density at radius 3 is 2.24 bits per heavy atom. The smallest absolute Gasteiger partial charge is 0.331 e. The summed E-state index contributed by atoms with van der Waals surface area (Å²) in [5.74, 6) is -2.45. The number of ketones is 1. The standard InChI is InChI=1S/C16H26N2O7/c1-10(23-5)13(20)18-12(7-6-11(19)8-17)14(21)24-9-25-15(22)16(2,3)4/h8,10,12,17H,6-7,9H2,1-5H3,(H,18,20)/t10-,12-/m0/s1. The molecule has 0 aromatic rings. The molecule has 0 heterocycles. The van der Waals surface area contributed by atoms with Crippen molar-refractivity contribution in [2.45, 2.75) is 52.7 Å². The molecule has 2 atom stereocenters. The Kier molecular flexibility index (Phi) is 9.58. The normalized spacial score (nSPS) is 13.3. The third kappa shape index (κ3) is 8.94. The summed E-state index contributed by atoms with van der Waals surface area (Å²) in [6.07, 6.45) is -0.338. The zero-order valence-electron chi connectivity index (χ0n) is 15.2. The Balaban J connectivity index is 4.73. The van der Waals surface area contributed by atoms with Crippen LogP contribution in [0.2, 0.25) is 0 Å². The van der Waals surface area contributed by atoms with Gasteiger partial charge in [-0.05, 0) is 34.1 Å². The fraction of sp³-hybridized carbons (Fsp3) is 0.688. The number of methoxy groups -OCH3 is 1.